The van der Waals surface area contributed by atoms with Crippen LogP contribution in [-0.4, -0.2) is 47.1 Å². The second-order valence-corrected chi connectivity index (χ2v) is 7.39. The van der Waals surface area contributed by atoms with Crippen LogP contribution in [0.1, 0.15) is 23.7 Å². The molecule has 4 aromatic heterocycles. The van der Waals surface area contributed by atoms with Gasteiger partial charge in [0, 0.05) is 48.7 Å². The van der Waals surface area contributed by atoms with Crippen molar-refractivity contribution in [2.75, 3.05) is 17.7 Å². The van der Waals surface area contributed by atoms with E-state index in [1.54, 1.807) is 21.6 Å². The fourth-order valence-corrected chi connectivity index (χ4v) is 3.64. The Morgan fingerprint density at radius 3 is 2.94 bits per heavy atom. The van der Waals surface area contributed by atoms with Crippen molar-refractivity contribution in [3.63, 3.8) is 0 Å². The third kappa shape index (κ3) is 3.55. The summed E-state index contributed by atoms with van der Waals surface area (Å²) in [5, 5.41) is 12.6. The Labute approximate surface area is 177 Å². The summed E-state index contributed by atoms with van der Waals surface area (Å²) in [5.41, 5.74) is 10.2. The molecule has 1 aliphatic heterocycles. The van der Waals surface area contributed by atoms with Gasteiger partial charge < -0.3 is 11.1 Å². The van der Waals surface area contributed by atoms with Crippen LogP contribution < -0.4 is 11.1 Å². The van der Waals surface area contributed by atoms with Crippen LogP contribution in [0.15, 0.2) is 43.0 Å². The van der Waals surface area contributed by atoms with E-state index in [0.717, 1.165) is 16.7 Å². The maximum absolute atomic E-state index is 13.0. The highest BCUT2D eigenvalue weighted by Gasteiger charge is 2.33. The first kappa shape index (κ1) is 19.0. The lowest BCUT2D eigenvalue weighted by atomic mass is 10.1. The fraction of sp³-hybridized carbons (Fsp3) is 0.250. The largest absolute Gasteiger partial charge is 0.366 e. The molecular formula is C20H21N9O2. The number of carbonyl (C=O) groups excluding carboxylic acids is 1. The number of urea groups is 1. The molecule has 0 saturated carbocycles. The molecule has 0 radical (unpaired) electrons. The van der Waals surface area contributed by atoms with Gasteiger partial charge >= 0.3 is 6.03 Å². The molecule has 0 spiro atoms. The van der Waals surface area contributed by atoms with E-state index in [-0.39, 0.29) is 18.0 Å². The molecule has 1 atom stereocenters. The Morgan fingerprint density at radius 1 is 1.26 bits per heavy atom. The predicted molar refractivity (Wildman–Crippen MR) is 113 cm³/mol. The Hall–Kier alpha value is -3.99. The molecule has 11 heteroatoms. The Balaban J connectivity index is 1.40. The van der Waals surface area contributed by atoms with E-state index < -0.39 is 0 Å². The SMILES string of the molecule is Cc1ncc(-c2ccc3nc(N)nn3c2)cc1NC(=O)N1OCCC1c1cnn(C)c1. The van der Waals surface area contributed by atoms with Crippen LogP contribution in [0.5, 0.6) is 0 Å². The smallest absolute Gasteiger partial charge is 0.346 e. The van der Waals surface area contributed by atoms with Crippen LogP contribution in [0.4, 0.5) is 16.4 Å². The van der Waals surface area contributed by atoms with Crippen LogP contribution in [0.25, 0.3) is 16.8 Å². The Kier molecular flexibility index (Phi) is 4.51. The number of hydrogen-bond acceptors (Lipinski definition) is 7. The zero-order chi connectivity index (χ0) is 21.5. The molecule has 0 bridgehead atoms. The minimum absolute atomic E-state index is 0.190. The number of nitrogens with two attached hydrogens (primary N) is 1. The monoisotopic (exact) mass is 419 g/mol. The minimum atomic E-state index is -0.354. The van der Waals surface area contributed by atoms with E-state index in [1.165, 1.54) is 5.06 Å². The van der Waals surface area contributed by atoms with Gasteiger partial charge in [0.1, 0.15) is 0 Å². The van der Waals surface area contributed by atoms with Gasteiger partial charge in [0.25, 0.3) is 0 Å². The number of aromatic nitrogens is 6. The third-order valence-electron chi connectivity index (χ3n) is 5.22. The van der Waals surface area contributed by atoms with Crippen molar-refractivity contribution in [1.29, 1.82) is 0 Å². The van der Waals surface area contributed by atoms with Crippen molar-refractivity contribution in [2.24, 2.45) is 7.05 Å². The number of amides is 2. The van der Waals surface area contributed by atoms with Crippen LogP contribution in [0.3, 0.4) is 0 Å². The highest BCUT2D eigenvalue weighted by atomic mass is 16.7. The lowest BCUT2D eigenvalue weighted by molar-refractivity contribution is -0.0830. The Morgan fingerprint density at radius 2 is 2.13 bits per heavy atom. The topological polar surface area (TPSA) is 128 Å². The molecule has 3 N–H and O–H groups in total. The minimum Gasteiger partial charge on any atom is -0.366 e. The Bertz CT molecular complexity index is 1280. The quantitative estimate of drug-likeness (QED) is 0.521. The summed E-state index contributed by atoms with van der Waals surface area (Å²) in [4.78, 5) is 27.2. The van der Waals surface area contributed by atoms with Crippen molar-refractivity contribution < 1.29 is 9.63 Å². The summed E-state index contributed by atoms with van der Waals surface area (Å²) < 4.78 is 3.32. The van der Waals surface area contributed by atoms with Gasteiger partial charge in [-0.3, -0.25) is 14.5 Å². The van der Waals surface area contributed by atoms with E-state index in [9.17, 15) is 4.79 Å². The number of hydrogen-bond donors (Lipinski definition) is 2. The lowest BCUT2D eigenvalue weighted by Gasteiger charge is -2.22. The summed E-state index contributed by atoms with van der Waals surface area (Å²) >= 11 is 0. The second-order valence-electron chi connectivity index (χ2n) is 7.39. The molecule has 1 fully saturated rings. The molecule has 1 aliphatic rings. The van der Waals surface area contributed by atoms with Crippen molar-refractivity contribution in [1.82, 2.24) is 34.4 Å². The molecule has 11 nitrogen and oxygen atoms in total. The first-order valence-corrected chi connectivity index (χ1v) is 9.78. The number of hydroxylamine groups is 2. The molecule has 4 aromatic rings. The molecule has 2 amide bonds. The highest BCUT2D eigenvalue weighted by Crippen LogP contribution is 2.31. The van der Waals surface area contributed by atoms with Gasteiger partial charge in [0.15, 0.2) is 5.65 Å². The van der Waals surface area contributed by atoms with E-state index in [4.69, 9.17) is 10.6 Å². The number of pyridine rings is 2. The van der Waals surface area contributed by atoms with Gasteiger partial charge in [-0.25, -0.2) is 9.31 Å². The van der Waals surface area contributed by atoms with Gasteiger partial charge in [0.05, 0.1) is 30.2 Å². The van der Waals surface area contributed by atoms with Crippen molar-refractivity contribution in [2.45, 2.75) is 19.4 Å². The first-order valence-electron chi connectivity index (χ1n) is 9.78. The number of fused-ring (bicyclic) bond motifs is 1. The number of nitrogen functional groups attached to an aromatic ring is 1. The average Bonchev–Trinajstić information content (AvgIpc) is 3.47. The zero-order valence-electron chi connectivity index (χ0n) is 17.1. The van der Waals surface area contributed by atoms with Crippen LogP contribution in [-0.2, 0) is 11.9 Å². The van der Waals surface area contributed by atoms with Gasteiger partial charge in [-0.15, -0.1) is 5.10 Å². The summed E-state index contributed by atoms with van der Waals surface area (Å²) in [6, 6.07) is 5.06. The fourth-order valence-electron chi connectivity index (χ4n) is 3.64. The van der Waals surface area contributed by atoms with Crippen molar-refractivity contribution in [3.8, 4) is 11.1 Å². The number of carbonyl (C=O) groups is 1. The molecule has 158 valence electrons. The number of rotatable bonds is 3. The van der Waals surface area contributed by atoms with Gasteiger partial charge in [-0.05, 0) is 25.1 Å². The predicted octanol–water partition coefficient (Wildman–Crippen LogP) is 2.33. The number of aryl methyl sites for hydroxylation is 2. The summed E-state index contributed by atoms with van der Waals surface area (Å²) in [5.74, 6) is 0.209. The second kappa shape index (κ2) is 7.36. The first-order chi connectivity index (χ1) is 15.0. The van der Waals surface area contributed by atoms with Crippen molar-refractivity contribution >= 4 is 23.3 Å². The molecule has 1 unspecified atom stereocenters. The molecule has 31 heavy (non-hydrogen) atoms. The van der Waals surface area contributed by atoms with E-state index in [2.05, 4.69) is 25.5 Å². The number of nitrogens with one attached hydrogen (secondary N) is 1. The van der Waals surface area contributed by atoms with Gasteiger partial charge in [-0.1, -0.05) is 0 Å². The molecular weight excluding hydrogens is 398 g/mol. The maximum Gasteiger partial charge on any atom is 0.346 e. The number of anilines is 2. The van der Waals surface area contributed by atoms with Gasteiger partial charge in [-0.2, -0.15) is 15.1 Å². The zero-order valence-corrected chi connectivity index (χ0v) is 17.1. The van der Waals surface area contributed by atoms with E-state index in [0.29, 0.717) is 30.1 Å². The molecule has 0 aromatic carbocycles. The third-order valence-corrected chi connectivity index (χ3v) is 5.22. The van der Waals surface area contributed by atoms with Crippen LogP contribution in [0, 0.1) is 6.92 Å². The van der Waals surface area contributed by atoms with Crippen molar-refractivity contribution in [3.05, 3.63) is 54.2 Å². The van der Waals surface area contributed by atoms with E-state index >= 15 is 0 Å². The normalized spacial score (nSPS) is 16.2. The standard InChI is InChI=1S/C20H21N9O2/c1-12-16(24-20(30)29-17(5-6-31-29)15-9-23-27(2)10-15)7-14(8-22-12)13-3-4-18-25-19(21)26-28(18)11-13/h3-4,7-11,17H,5-6H2,1-2H3,(H2,21,26)(H,24,30). The number of nitrogens with zero attached hydrogens (tertiary/aromatic N) is 7. The summed E-state index contributed by atoms with van der Waals surface area (Å²) in [6.45, 7) is 2.30. The maximum atomic E-state index is 13.0. The summed E-state index contributed by atoms with van der Waals surface area (Å²) in [6.07, 6.45) is 7.91. The average molecular weight is 419 g/mol. The summed E-state index contributed by atoms with van der Waals surface area (Å²) in [7, 11) is 1.84. The molecule has 0 aliphatic carbocycles. The van der Waals surface area contributed by atoms with Crippen LogP contribution >= 0.6 is 0 Å². The highest BCUT2D eigenvalue weighted by molar-refractivity contribution is 5.90. The molecule has 1 saturated heterocycles. The van der Waals surface area contributed by atoms with E-state index in [1.807, 2.05) is 44.6 Å². The molecule has 5 heterocycles. The van der Waals surface area contributed by atoms with Crippen LogP contribution in [0.2, 0.25) is 0 Å². The lowest BCUT2D eigenvalue weighted by Crippen LogP contribution is -2.33. The molecule has 5 rings (SSSR count). The van der Waals surface area contributed by atoms with Gasteiger partial charge in [0.2, 0.25) is 5.95 Å².